The Kier molecular flexibility index (Phi) is 3.94. The molecule has 1 atom stereocenters. The fourth-order valence-electron chi connectivity index (χ4n) is 2.72. The van der Waals surface area contributed by atoms with Gasteiger partial charge < -0.3 is 5.32 Å². The summed E-state index contributed by atoms with van der Waals surface area (Å²) in [6, 6.07) is 5.78. The third-order valence-electron chi connectivity index (χ3n) is 4.29. The van der Waals surface area contributed by atoms with Crippen LogP contribution in [0.1, 0.15) is 30.1 Å². The van der Waals surface area contributed by atoms with Crippen molar-refractivity contribution in [2.75, 3.05) is 0 Å². The van der Waals surface area contributed by atoms with Crippen LogP contribution >= 0.6 is 0 Å². The predicted molar refractivity (Wildman–Crippen MR) is 83.5 cm³/mol. The molecule has 2 heterocycles. The molecule has 116 valence electrons. The maximum atomic E-state index is 12.0. The third kappa shape index (κ3) is 2.87. The van der Waals surface area contributed by atoms with Crippen molar-refractivity contribution >= 4 is 0 Å². The van der Waals surface area contributed by atoms with E-state index in [9.17, 15) is 9.59 Å². The molecule has 2 aromatic rings. The van der Waals surface area contributed by atoms with Crippen molar-refractivity contribution in [2.24, 2.45) is 20.0 Å². The van der Waals surface area contributed by atoms with Crippen molar-refractivity contribution < 1.29 is 0 Å². The summed E-state index contributed by atoms with van der Waals surface area (Å²) in [5, 5.41) is 3.49. The minimum absolute atomic E-state index is 0.238. The first-order chi connectivity index (χ1) is 10.6. The summed E-state index contributed by atoms with van der Waals surface area (Å²) in [6.07, 6.45) is 5.99. The molecule has 0 saturated heterocycles. The highest BCUT2D eigenvalue weighted by Crippen LogP contribution is 2.40. The lowest BCUT2D eigenvalue weighted by molar-refractivity contribution is 0.466. The number of rotatable bonds is 5. The average Bonchev–Trinajstić information content (AvgIpc) is 3.36. The Hall–Kier alpha value is -2.21. The van der Waals surface area contributed by atoms with Crippen LogP contribution in [0.5, 0.6) is 0 Å². The number of hydrogen-bond donors (Lipinski definition) is 1. The minimum Gasteiger partial charge on any atom is -0.304 e. The lowest BCUT2D eigenvalue weighted by atomic mass is 10.0. The monoisotopic (exact) mass is 300 g/mol. The van der Waals surface area contributed by atoms with E-state index in [-0.39, 0.29) is 17.3 Å². The van der Waals surface area contributed by atoms with Crippen molar-refractivity contribution in [1.29, 1.82) is 0 Å². The van der Waals surface area contributed by atoms with Crippen molar-refractivity contribution in [1.82, 2.24) is 19.4 Å². The highest BCUT2D eigenvalue weighted by molar-refractivity contribution is 5.18. The first kappa shape index (κ1) is 14.7. The molecule has 1 aliphatic carbocycles. The molecular weight excluding hydrogens is 280 g/mol. The van der Waals surface area contributed by atoms with Gasteiger partial charge in [0.25, 0.3) is 5.56 Å². The topological polar surface area (TPSA) is 68.9 Å². The highest BCUT2D eigenvalue weighted by Gasteiger charge is 2.32. The van der Waals surface area contributed by atoms with Crippen molar-refractivity contribution in [2.45, 2.75) is 25.4 Å². The van der Waals surface area contributed by atoms with E-state index in [1.807, 2.05) is 12.1 Å². The van der Waals surface area contributed by atoms with Crippen LogP contribution in [0.4, 0.5) is 0 Å². The zero-order valence-corrected chi connectivity index (χ0v) is 12.8. The van der Waals surface area contributed by atoms with Crippen LogP contribution in [-0.4, -0.2) is 14.1 Å². The number of hydrogen-bond acceptors (Lipinski definition) is 4. The van der Waals surface area contributed by atoms with Crippen LogP contribution in [-0.2, 0) is 20.6 Å². The second kappa shape index (κ2) is 5.88. The fraction of sp³-hybridized carbons (Fsp3) is 0.438. The molecule has 0 radical (unpaired) electrons. The van der Waals surface area contributed by atoms with Gasteiger partial charge in [0.15, 0.2) is 0 Å². The molecule has 0 bridgehead atoms. The molecule has 3 rings (SSSR count). The molecule has 0 aliphatic heterocycles. The van der Waals surface area contributed by atoms with E-state index in [1.165, 1.54) is 36.1 Å². The van der Waals surface area contributed by atoms with Crippen LogP contribution in [0, 0.1) is 5.92 Å². The lowest BCUT2D eigenvalue weighted by Crippen LogP contribution is -2.39. The van der Waals surface area contributed by atoms with Crippen molar-refractivity contribution in [3.05, 3.63) is 62.7 Å². The van der Waals surface area contributed by atoms with Crippen LogP contribution < -0.4 is 16.6 Å². The number of nitrogens with zero attached hydrogens (tertiary/aromatic N) is 3. The van der Waals surface area contributed by atoms with E-state index < -0.39 is 0 Å². The Labute approximate surface area is 128 Å². The molecule has 1 N–H and O–H groups in total. The molecule has 1 saturated carbocycles. The molecule has 0 aromatic carbocycles. The van der Waals surface area contributed by atoms with E-state index in [4.69, 9.17) is 0 Å². The van der Waals surface area contributed by atoms with Gasteiger partial charge in [-0.15, -0.1) is 0 Å². The zero-order chi connectivity index (χ0) is 15.7. The zero-order valence-electron chi connectivity index (χ0n) is 12.8. The average molecular weight is 300 g/mol. The number of aromatic nitrogens is 3. The van der Waals surface area contributed by atoms with Crippen LogP contribution in [0.25, 0.3) is 0 Å². The standard InChI is InChI=1S/C16H20N4O2/c1-19-13(9-14(21)20(2)16(19)22)10-18-15(11-3-4-11)12-5-7-17-8-6-12/h5-9,11,15,18H,3-4,10H2,1-2H3. The van der Waals surface area contributed by atoms with Gasteiger partial charge in [0.1, 0.15) is 0 Å². The molecule has 0 amide bonds. The molecule has 2 aromatic heterocycles. The molecule has 1 fully saturated rings. The molecule has 0 spiro atoms. The van der Waals surface area contributed by atoms with Gasteiger partial charge >= 0.3 is 5.69 Å². The largest absolute Gasteiger partial charge is 0.330 e. The summed E-state index contributed by atoms with van der Waals surface area (Å²) < 4.78 is 2.63. The molecule has 6 heteroatoms. The second-order valence-corrected chi connectivity index (χ2v) is 5.85. The van der Waals surface area contributed by atoms with Crippen LogP contribution in [0.2, 0.25) is 0 Å². The van der Waals surface area contributed by atoms with Gasteiger partial charge in [-0.2, -0.15) is 0 Å². The maximum absolute atomic E-state index is 12.0. The Bertz CT molecular complexity index is 775. The van der Waals surface area contributed by atoms with Crippen molar-refractivity contribution in [3.63, 3.8) is 0 Å². The van der Waals surface area contributed by atoms with E-state index >= 15 is 0 Å². The van der Waals surface area contributed by atoms with Crippen LogP contribution in [0.3, 0.4) is 0 Å². The lowest BCUT2D eigenvalue weighted by Gasteiger charge is -2.19. The van der Waals surface area contributed by atoms with Gasteiger partial charge in [-0.05, 0) is 36.5 Å². The molecular formula is C16H20N4O2. The van der Waals surface area contributed by atoms with E-state index in [0.29, 0.717) is 18.2 Å². The first-order valence-electron chi connectivity index (χ1n) is 7.47. The Balaban J connectivity index is 1.82. The van der Waals surface area contributed by atoms with E-state index in [2.05, 4.69) is 10.3 Å². The summed E-state index contributed by atoms with van der Waals surface area (Å²) in [5.74, 6) is 0.617. The SMILES string of the molecule is Cn1c(CNC(c2ccncc2)C2CC2)cc(=O)n(C)c1=O. The molecule has 1 unspecified atom stereocenters. The van der Waals surface area contributed by atoms with Gasteiger partial charge in [-0.1, -0.05) is 0 Å². The number of nitrogens with one attached hydrogen (secondary N) is 1. The van der Waals surface area contributed by atoms with Gasteiger partial charge in [-0.25, -0.2) is 4.79 Å². The summed E-state index contributed by atoms with van der Waals surface area (Å²) in [5.41, 5.74) is 1.34. The summed E-state index contributed by atoms with van der Waals surface area (Å²) in [6.45, 7) is 0.491. The Morgan fingerprint density at radius 1 is 1.23 bits per heavy atom. The van der Waals surface area contributed by atoms with E-state index in [1.54, 1.807) is 19.4 Å². The van der Waals surface area contributed by atoms with Gasteiger partial charge in [0.2, 0.25) is 0 Å². The number of pyridine rings is 1. The van der Waals surface area contributed by atoms with Gasteiger partial charge in [-0.3, -0.25) is 18.9 Å². The summed E-state index contributed by atoms with van der Waals surface area (Å²) in [7, 11) is 3.18. The normalized spacial score (nSPS) is 15.7. The molecule has 6 nitrogen and oxygen atoms in total. The Morgan fingerprint density at radius 2 is 1.91 bits per heavy atom. The second-order valence-electron chi connectivity index (χ2n) is 5.85. The highest BCUT2D eigenvalue weighted by atomic mass is 16.2. The predicted octanol–water partition coefficient (Wildman–Crippen LogP) is 0.720. The van der Waals surface area contributed by atoms with E-state index in [0.717, 1.165) is 4.57 Å². The molecule has 1 aliphatic rings. The fourth-order valence-corrected chi connectivity index (χ4v) is 2.72. The molecule has 22 heavy (non-hydrogen) atoms. The first-order valence-corrected chi connectivity index (χ1v) is 7.47. The van der Waals surface area contributed by atoms with Crippen LogP contribution in [0.15, 0.2) is 40.2 Å². The van der Waals surface area contributed by atoms with Gasteiger partial charge in [0, 0.05) is 50.8 Å². The quantitative estimate of drug-likeness (QED) is 0.883. The van der Waals surface area contributed by atoms with Crippen molar-refractivity contribution in [3.8, 4) is 0 Å². The maximum Gasteiger partial charge on any atom is 0.330 e. The minimum atomic E-state index is -0.295. The van der Waals surface area contributed by atoms with Gasteiger partial charge in [0.05, 0.1) is 0 Å². The third-order valence-corrected chi connectivity index (χ3v) is 4.29. The smallest absolute Gasteiger partial charge is 0.304 e. The Morgan fingerprint density at radius 3 is 2.55 bits per heavy atom. The summed E-state index contributed by atoms with van der Waals surface area (Å²) in [4.78, 5) is 27.8. The summed E-state index contributed by atoms with van der Waals surface area (Å²) >= 11 is 0.